The molecule has 7 heteroatoms. The number of hydrogen-bond acceptors (Lipinski definition) is 6. The van der Waals surface area contributed by atoms with Crippen LogP contribution in [0.3, 0.4) is 0 Å². The number of hydrogen-bond donors (Lipinski definition) is 2. The predicted octanol–water partition coefficient (Wildman–Crippen LogP) is 2.82. The molecule has 7 nitrogen and oxygen atoms in total. The molecule has 1 aliphatic heterocycles. The molecule has 3 rings (SSSR count). The lowest BCUT2D eigenvalue weighted by Gasteiger charge is -2.15. The molecule has 0 radical (unpaired) electrons. The molecule has 2 aromatic rings. The first-order valence-corrected chi connectivity index (χ1v) is 9.25. The van der Waals surface area contributed by atoms with Gasteiger partial charge >= 0.3 is 0 Å². The van der Waals surface area contributed by atoms with E-state index in [-0.39, 0.29) is 6.10 Å². The van der Waals surface area contributed by atoms with E-state index >= 15 is 0 Å². The lowest BCUT2D eigenvalue weighted by atomic mass is 10.1. The highest BCUT2D eigenvalue weighted by atomic mass is 16.6. The van der Waals surface area contributed by atoms with Crippen LogP contribution in [0.2, 0.25) is 0 Å². The van der Waals surface area contributed by atoms with E-state index in [1.54, 1.807) is 43.3 Å². The van der Waals surface area contributed by atoms with Crippen molar-refractivity contribution in [3.63, 3.8) is 0 Å². The molecule has 2 atom stereocenters. The van der Waals surface area contributed by atoms with Gasteiger partial charge in [0.2, 0.25) is 5.91 Å². The maximum atomic E-state index is 11.4. The summed E-state index contributed by atoms with van der Waals surface area (Å²) in [6.45, 7) is 3.99. The fourth-order valence-corrected chi connectivity index (χ4v) is 2.87. The summed E-state index contributed by atoms with van der Waals surface area (Å²) in [6, 6.07) is 11.8. The Kier molecular flexibility index (Phi) is 6.86. The first kappa shape index (κ1) is 20.1. The average Bonchev–Trinajstić information content (AvgIpc) is 3.19. The van der Waals surface area contributed by atoms with Crippen LogP contribution >= 0.6 is 0 Å². The van der Waals surface area contributed by atoms with Gasteiger partial charge in [-0.1, -0.05) is 6.07 Å². The zero-order valence-corrected chi connectivity index (χ0v) is 15.8. The number of aliphatic hydroxyl groups excluding tert-OH is 1. The molecule has 1 unspecified atom stereocenters. The molecular weight excluding hydrogens is 362 g/mol. The van der Waals surface area contributed by atoms with Crippen LogP contribution in [-0.2, 0) is 9.47 Å². The van der Waals surface area contributed by atoms with Crippen LogP contribution in [0, 0.1) is 0 Å². The van der Waals surface area contributed by atoms with Gasteiger partial charge in [-0.2, -0.15) is 0 Å². The van der Waals surface area contributed by atoms with Crippen molar-refractivity contribution < 1.29 is 28.8 Å². The Balaban J connectivity index is 1.57. The van der Waals surface area contributed by atoms with Gasteiger partial charge in [0.1, 0.15) is 23.9 Å². The van der Waals surface area contributed by atoms with Gasteiger partial charge in [0.25, 0.3) is 0 Å². The molecule has 3 N–H and O–H groups in total. The smallest absolute Gasteiger partial charge is 0.248 e. The molecule has 150 valence electrons. The molecule has 0 aromatic heterocycles. The number of benzene rings is 2. The molecule has 0 bridgehead atoms. The highest BCUT2D eigenvalue weighted by molar-refractivity contribution is 5.93. The normalized spacial score (nSPS) is 17.3. The van der Waals surface area contributed by atoms with Crippen LogP contribution in [0.25, 0.3) is 0 Å². The van der Waals surface area contributed by atoms with Crippen molar-refractivity contribution in [1.29, 1.82) is 0 Å². The second-order valence-corrected chi connectivity index (χ2v) is 6.57. The van der Waals surface area contributed by atoms with Crippen LogP contribution in [0.1, 0.15) is 35.4 Å². The SMILES string of the molecule is C[C@H](O)c1ccc(C(N)=O)cc1Oc1ccc(OCCOC2CCOC2)cc1. The van der Waals surface area contributed by atoms with Gasteiger partial charge in [0.05, 0.1) is 25.4 Å². The van der Waals surface area contributed by atoms with Crippen molar-refractivity contribution in [3.05, 3.63) is 53.6 Å². The van der Waals surface area contributed by atoms with E-state index in [4.69, 9.17) is 24.7 Å². The van der Waals surface area contributed by atoms with E-state index < -0.39 is 12.0 Å². The highest BCUT2D eigenvalue weighted by Crippen LogP contribution is 2.31. The Bertz CT molecular complexity index is 784. The number of carbonyl (C=O) groups is 1. The monoisotopic (exact) mass is 387 g/mol. The van der Waals surface area contributed by atoms with Gasteiger partial charge in [-0.15, -0.1) is 0 Å². The van der Waals surface area contributed by atoms with Crippen molar-refractivity contribution in [1.82, 2.24) is 0 Å². The molecule has 1 aliphatic rings. The standard InChI is InChI=1S/C21H25NO6/c1-14(23)19-7-2-15(21(22)24)12-20(19)28-17-5-3-16(4-6-17)26-10-11-27-18-8-9-25-13-18/h2-7,12,14,18,23H,8-11,13H2,1H3,(H2,22,24)/t14-,18?/m0/s1. The summed E-state index contributed by atoms with van der Waals surface area (Å²) in [5.74, 6) is 1.07. The molecule has 1 heterocycles. The quantitative estimate of drug-likeness (QED) is 0.642. The minimum Gasteiger partial charge on any atom is -0.491 e. The molecule has 0 spiro atoms. The van der Waals surface area contributed by atoms with E-state index in [0.717, 1.165) is 13.0 Å². The maximum Gasteiger partial charge on any atom is 0.248 e. The van der Waals surface area contributed by atoms with Crippen LogP contribution in [0.15, 0.2) is 42.5 Å². The fourth-order valence-electron chi connectivity index (χ4n) is 2.87. The van der Waals surface area contributed by atoms with Gasteiger partial charge in [0.15, 0.2) is 0 Å². The molecule has 2 aromatic carbocycles. The molecule has 0 saturated carbocycles. The second-order valence-electron chi connectivity index (χ2n) is 6.57. The number of rotatable bonds is 9. The summed E-state index contributed by atoms with van der Waals surface area (Å²) < 4.78 is 22.4. The Morgan fingerprint density at radius 3 is 2.61 bits per heavy atom. The van der Waals surface area contributed by atoms with E-state index in [0.29, 0.717) is 48.2 Å². The number of aliphatic hydroxyl groups is 1. The van der Waals surface area contributed by atoms with Crippen LogP contribution in [0.4, 0.5) is 0 Å². The zero-order chi connectivity index (χ0) is 19.9. The number of nitrogens with two attached hydrogens (primary N) is 1. The third-order valence-corrected chi connectivity index (χ3v) is 4.39. The first-order chi connectivity index (χ1) is 13.5. The number of amides is 1. The number of carbonyl (C=O) groups excluding carboxylic acids is 1. The largest absolute Gasteiger partial charge is 0.491 e. The summed E-state index contributed by atoms with van der Waals surface area (Å²) in [6.07, 6.45) is 0.348. The van der Waals surface area contributed by atoms with Crippen LogP contribution in [0.5, 0.6) is 17.2 Å². The van der Waals surface area contributed by atoms with E-state index in [9.17, 15) is 9.90 Å². The molecular formula is C21H25NO6. The summed E-state index contributed by atoms with van der Waals surface area (Å²) in [7, 11) is 0. The molecule has 1 saturated heterocycles. The second kappa shape index (κ2) is 9.54. The van der Waals surface area contributed by atoms with Gasteiger partial charge in [0, 0.05) is 17.7 Å². The summed E-state index contributed by atoms with van der Waals surface area (Å²) in [5, 5.41) is 9.92. The number of primary amides is 1. The molecule has 28 heavy (non-hydrogen) atoms. The minimum absolute atomic E-state index is 0.165. The average molecular weight is 387 g/mol. The fraction of sp³-hybridized carbons (Fsp3) is 0.381. The van der Waals surface area contributed by atoms with Crippen molar-refractivity contribution in [2.45, 2.75) is 25.6 Å². The van der Waals surface area contributed by atoms with Gasteiger partial charge in [-0.25, -0.2) is 0 Å². The third kappa shape index (κ3) is 5.45. The summed E-state index contributed by atoms with van der Waals surface area (Å²) >= 11 is 0. The van der Waals surface area contributed by atoms with E-state index in [2.05, 4.69) is 0 Å². The summed E-state index contributed by atoms with van der Waals surface area (Å²) in [5.41, 5.74) is 6.21. The van der Waals surface area contributed by atoms with Gasteiger partial charge in [-0.05, 0) is 49.7 Å². The lowest BCUT2D eigenvalue weighted by Crippen LogP contribution is -2.16. The van der Waals surface area contributed by atoms with Crippen molar-refractivity contribution in [2.75, 3.05) is 26.4 Å². The van der Waals surface area contributed by atoms with Crippen molar-refractivity contribution >= 4 is 5.91 Å². The van der Waals surface area contributed by atoms with Crippen LogP contribution in [-0.4, -0.2) is 43.5 Å². The van der Waals surface area contributed by atoms with Crippen LogP contribution < -0.4 is 15.2 Å². The zero-order valence-electron chi connectivity index (χ0n) is 15.8. The Morgan fingerprint density at radius 2 is 1.96 bits per heavy atom. The van der Waals surface area contributed by atoms with Gasteiger partial charge in [-0.3, -0.25) is 4.79 Å². The van der Waals surface area contributed by atoms with E-state index in [1.807, 2.05) is 0 Å². The highest BCUT2D eigenvalue weighted by Gasteiger charge is 2.16. The number of ether oxygens (including phenoxy) is 4. The third-order valence-electron chi connectivity index (χ3n) is 4.39. The van der Waals surface area contributed by atoms with Gasteiger partial charge < -0.3 is 29.8 Å². The van der Waals surface area contributed by atoms with Crippen molar-refractivity contribution in [2.24, 2.45) is 5.73 Å². The molecule has 1 fully saturated rings. The predicted molar refractivity (Wildman–Crippen MR) is 103 cm³/mol. The topological polar surface area (TPSA) is 100 Å². The Labute approximate surface area is 164 Å². The van der Waals surface area contributed by atoms with Crippen molar-refractivity contribution in [3.8, 4) is 17.2 Å². The van der Waals surface area contributed by atoms with E-state index in [1.165, 1.54) is 6.07 Å². The Hall–Kier alpha value is -2.61. The lowest BCUT2D eigenvalue weighted by molar-refractivity contribution is 0.0265. The Morgan fingerprint density at radius 1 is 1.21 bits per heavy atom. The molecule has 1 amide bonds. The minimum atomic E-state index is -0.746. The first-order valence-electron chi connectivity index (χ1n) is 9.25. The molecule has 0 aliphatic carbocycles. The summed E-state index contributed by atoms with van der Waals surface area (Å²) in [4.78, 5) is 11.4. The maximum absolute atomic E-state index is 11.4.